The maximum atomic E-state index is 13.6. The third-order valence-corrected chi connectivity index (χ3v) is 7.35. The molecule has 0 aliphatic carbocycles. The maximum absolute atomic E-state index is 13.6. The van der Waals surface area contributed by atoms with Crippen LogP contribution in [0, 0.1) is 0 Å². The van der Waals surface area contributed by atoms with Gasteiger partial charge in [0.1, 0.15) is 5.82 Å². The molecule has 0 saturated carbocycles. The highest BCUT2D eigenvalue weighted by molar-refractivity contribution is 7.10. The third-order valence-electron chi connectivity index (χ3n) is 6.36. The van der Waals surface area contributed by atoms with E-state index in [1.807, 2.05) is 25.1 Å². The molecule has 0 saturated heterocycles. The first-order valence-electron chi connectivity index (χ1n) is 11.7. The average molecular weight is 482 g/mol. The standard InChI is InChI=1S/C25H31N5O3S/c1-3-5-13-30-23(26)22(24(32)27-25(30)33)29(4-2)20(31)16-28-14-11-19-18(12-15-34-19)21(28)17-9-7-6-8-10-17/h6-10,12,15,21H,3-5,11,13-14,16,26H2,1-2H3,(H,27,32,33). The first-order chi connectivity index (χ1) is 16.5. The summed E-state index contributed by atoms with van der Waals surface area (Å²) in [6.07, 6.45) is 2.49. The van der Waals surface area contributed by atoms with Gasteiger partial charge in [-0.1, -0.05) is 43.7 Å². The molecule has 1 unspecified atom stereocenters. The van der Waals surface area contributed by atoms with Crippen LogP contribution < -0.4 is 21.9 Å². The van der Waals surface area contributed by atoms with E-state index in [9.17, 15) is 14.4 Å². The molecule has 3 aromatic rings. The van der Waals surface area contributed by atoms with Gasteiger partial charge < -0.3 is 10.6 Å². The lowest BCUT2D eigenvalue weighted by Gasteiger charge is -2.37. The number of unbranched alkanes of at least 4 members (excludes halogenated alkanes) is 1. The lowest BCUT2D eigenvalue weighted by Crippen LogP contribution is -2.47. The highest BCUT2D eigenvalue weighted by Crippen LogP contribution is 2.37. The van der Waals surface area contributed by atoms with Crippen LogP contribution in [0.15, 0.2) is 51.4 Å². The molecule has 0 fully saturated rings. The first-order valence-corrected chi connectivity index (χ1v) is 12.6. The van der Waals surface area contributed by atoms with Crippen LogP contribution >= 0.6 is 11.3 Å². The van der Waals surface area contributed by atoms with Gasteiger partial charge in [0, 0.05) is 24.5 Å². The van der Waals surface area contributed by atoms with E-state index in [0.717, 1.165) is 31.4 Å². The van der Waals surface area contributed by atoms with Gasteiger partial charge in [0.25, 0.3) is 5.56 Å². The predicted octanol–water partition coefficient (Wildman–Crippen LogP) is 2.98. The topological polar surface area (TPSA) is 104 Å². The Morgan fingerprint density at radius 3 is 2.68 bits per heavy atom. The summed E-state index contributed by atoms with van der Waals surface area (Å²) in [6, 6.07) is 12.3. The van der Waals surface area contributed by atoms with E-state index in [0.29, 0.717) is 6.54 Å². The molecule has 0 bridgehead atoms. The molecule has 9 heteroatoms. The van der Waals surface area contributed by atoms with Crippen LogP contribution in [0.25, 0.3) is 0 Å². The molecule has 0 spiro atoms. The van der Waals surface area contributed by atoms with E-state index >= 15 is 0 Å². The van der Waals surface area contributed by atoms with Gasteiger partial charge in [-0.3, -0.25) is 24.0 Å². The van der Waals surface area contributed by atoms with Gasteiger partial charge in [-0.15, -0.1) is 11.3 Å². The summed E-state index contributed by atoms with van der Waals surface area (Å²) in [5.41, 5.74) is 7.50. The smallest absolute Gasteiger partial charge is 0.330 e. The number of aromatic amines is 1. The lowest BCUT2D eigenvalue weighted by molar-refractivity contribution is -0.120. The molecule has 1 atom stereocenters. The normalized spacial score (nSPS) is 15.8. The van der Waals surface area contributed by atoms with Crippen LogP contribution in [0.1, 0.15) is 48.7 Å². The van der Waals surface area contributed by atoms with Crippen LogP contribution in [-0.2, 0) is 17.8 Å². The number of H-pyrrole nitrogens is 1. The number of carbonyl (C=O) groups is 1. The van der Waals surface area contributed by atoms with Gasteiger partial charge in [-0.2, -0.15) is 0 Å². The summed E-state index contributed by atoms with van der Waals surface area (Å²) in [7, 11) is 0. The van der Waals surface area contributed by atoms with Crippen LogP contribution in [0.2, 0.25) is 0 Å². The monoisotopic (exact) mass is 481 g/mol. The largest absolute Gasteiger partial charge is 0.383 e. The molecule has 180 valence electrons. The zero-order valence-electron chi connectivity index (χ0n) is 19.6. The number of likely N-dealkylation sites (N-methyl/N-ethyl adjacent to an activating group) is 1. The molecule has 1 aromatic carbocycles. The number of nitrogens with two attached hydrogens (primary N) is 1. The number of amides is 1. The van der Waals surface area contributed by atoms with E-state index in [-0.39, 0.29) is 36.5 Å². The minimum atomic E-state index is -0.635. The van der Waals surface area contributed by atoms with Crippen molar-refractivity contribution < 1.29 is 4.79 Å². The molecule has 1 aliphatic rings. The first kappa shape index (κ1) is 24.0. The molecule has 8 nitrogen and oxygen atoms in total. The van der Waals surface area contributed by atoms with Crippen molar-refractivity contribution in [3.63, 3.8) is 0 Å². The minimum Gasteiger partial charge on any atom is -0.383 e. The summed E-state index contributed by atoms with van der Waals surface area (Å²) in [5.74, 6) is -0.184. The van der Waals surface area contributed by atoms with Gasteiger partial charge in [-0.05, 0) is 42.3 Å². The maximum Gasteiger partial charge on any atom is 0.330 e. The van der Waals surface area contributed by atoms with E-state index in [1.54, 1.807) is 18.3 Å². The Bertz CT molecular complexity index is 1260. The Balaban J connectivity index is 1.66. The quantitative estimate of drug-likeness (QED) is 0.515. The molecule has 3 heterocycles. The van der Waals surface area contributed by atoms with Crippen molar-refractivity contribution >= 4 is 28.7 Å². The fourth-order valence-corrected chi connectivity index (χ4v) is 5.56. The van der Waals surface area contributed by atoms with Crippen LogP contribution in [0.5, 0.6) is 0 Å². The van der Waals surface area contributed by atoms with Crippen molar-refractivity contribution in [3.05, 3.63) is 78.6 Å². The molecule has 3 N–H and O–H groups in total. The number of fused-ring (bicyclic) bond motifs is 1. The van der Waals surface area contributed by atoms with Crippen molar-refractivity contribution in [2.75, 3.05) is 30.3 Å². The molecule has 4 rings (SSSR count). The van der Waals surface area contributed by atoms with E-state index in [1.165, 1.54) is 19.9 Å². The number of nitrogens with zero attached hydrogens (tertiary/aromatic N) is 3. The zero-order chi connectivity index (χ0) is 24.2. The average Bonchev–Trinajstić information content (AvgIpc) is 3.30. The number of carbonyl (C=O) groups excluding carboxylic acids is 1. The molecular formula is C25H31N5O3S. The van der Waals surface area contributed by atoms with Gasteiger partial charge in [0.05, 0.1) is 12.6 Å². The summed E-state index contributed by atoms with van der Waals surface area (Å²) < 4.78 is 1.35. The van der Waals surface area contributed by atoms with Gasteiger partial charge in [0.2, 0.25) is 5.91 Å². The number of nitrogen functional groups attached to an aromatic ring is 1. The Morgan fingerprint density at radius 2 is 1.97 bits per heavy atom. The number of anilines is 2. The Kier molecular flexibility index (Phi) is 7.33. The Morgan fingerprint density at radius 1 is 1.21 bits per heavy atom. The summed E-state index contributed by atoms with van der Waals surface area (Å²) in [6.45, 7) is 5.34. The molecule has 0 radical (unpaired) electrons. The van der Waals surface area contributed by atoms with E-state index < -0.39 is 11.2 Å². The van der Waals surface area contributed by atoms with E-state index in [2.05, 4.69) is 33.5 Å². The van der Waals surface area contributed by atoms with Crippen LogP contribution in [-0.4, -0.2) is 40.0 Å². The number of nitrogens with one attached hydrogen (secondary N) is 1. The fraction of sp³-hybridized carbons (Fsp3) is 0.400. The molecule has 1 aliphatic heterocycles. The predicted molar refractivity (Wildman–Crippen MR) is 137 cm³/mol. The highest BCUT2D eigenvalue weighted by atomic mass is 32.1. The van der Waals surface area contributed by atoms with Crippen molar-refractivity contribution in [2.45, 2.75) is 45.7 Å². The molecule has 1 amide bonds. The SMILES string of the molecule is CCCCn1c(N)c(N(CC)C(=O)CN2CCc3sccc3C2c2ccccc2)c(=O)[nH]c1=O. The number of aromatic nitrogens is 2. The number of hydrogen-bond acceptors (Lipinski definition) is 6. The number of thiophene rings is 1. The van der Waals surface area contributed by atoms with Crippen molar-refractivity contribution in [3.8, 4) is 0 Å². The number of rotatable bonds is 8. The van der Waals surface area contributed by atoms with Crippen molar-refractivity contribution in [2.24, 2.45) is 0 Å². The van der Waals surface area contributed by atoms with Gasteiger partial charge >= 0.3 is 5.69 Å². The highest BCUT2D eigenvalue weighted by Gasteiger charge is 2.33. The lowest BCUT2D eigenvalue weighted by atomic mass is 9.93. The molecular weight excluding hydrogens is 450 g/mol. The van der Waals surface area contributed by atoms with Gasteiger partial charge in [-0.25, -0.2) is 4.79 Å². The zero-order valence-corrected chi connectivity index (χ0v) is 20.4. The van der Waals surface area contributed by atoms with Crippen molar-refractivity contribution in [1.29, 1.82) is 0 Å². The Hall–Kier alpha value is -3.17. The Labute approximate surface area is 202 Å². The second-order valence-corrected chi connectivity index (χ2v) is 9.47. The third kappa shape index (κ3) is 4.58. The molecule has 2 aromatic heterocycles. The second-order valence-electron chi connectivity index (χ2n) is 8.47. The summed E-state index contributed by atoms with van der Waals surface area (Å²) >= 11 is 1.75. The number of hydrogen-bond donors (Lipinski definition) is 2. The second kappa shape index (κ2) is 10.4. The fourth-order valence-electron chi connectivity index (χ4n) is 4.66. The minimum absolute atomic E-state index is 0.0343. The molecule has 34 heavy (non-hydrogen) atoms. The van der Waals surface area contributed by atoms with Crippen LogP contribution in [0.3, 0.4) is 0 Å². The van der Waals surface area contributed by atoms with Crippen LogP contribution in [0.4, 0.5) is 11.5 Å². The number of benzene rings is 1. The van der Waals surface area contributed by atoms with Gasteiger partial charge in [0.15, 0.2) is 5.69 Å². The van der Waals surface area contributed by atoms with Crippen molar-refractivity contribution in [1.82, 2.24) is 14.5 Å². The summed E-state index contributed by atoms with van der Waals surface area (Å²) in [5, 5.41) is 2.10. The van der Waals surface area contributed by atoms with E-state index in [4.69, 9.17) is 5.73 Å². The summed E-state index contributed by atoms with van der Waals surface area (Å²) in [4.78, 5) is 45.9.